The molecule has 1 saturated carbocycles. The van der Waals surface area contributed by atoms with E-state index >= 15 is 0 Å². The summed E-state index contributed by atoms with van der Waals surface area (Å²) in [4.78, 5) is 11.0. The number of likely N-dealkylation sites (N-methyl/N-ethyl adjacent to an activating group) is 1. The van der Waals surface area contributed by atoms with E-state index in [4.69, 9.17) is 0 Å². The smallest absolute Gasteiger partial charge is 0.0492 e. The van der Waals surface area contributed by atoms with Gasteiger partial charge in [0.1, 0.15) is 0 Å². The lowest BCUT2D eigenvalue weighted by atomic mass is 9.68. The topological polar surface area (TPSA) is 13.0 Å². The zero-order valence-electron chi connectivity index (χ0n) is 13.1. The predicted molar refractivity (Wildman–Crippen MR) is 82.1 cm³/mol. The third-order valence-corrected chi connectivity index (χ3v) is 6.38. The minimum absolute atomic E-state index is 0.525. The van der Waals surface area contributed by atoms with Crippen molar-refractivity contribution >= 4 is 0 Å². The molecule has 4 unspecified atom stereocenters. The monoisotopic (exact) mass is 278 g/mol. The number of rotatable bonds is 0. The number of piperazine rings is 1. The summed E-state index contributed by atoms with van der Waals surface area (Å²) in [6.45, 7) is 11.8. The van der Waals surface area contributed by atoms with Gasteiger partial charge in [-0.1, -0.05) is 0 Å². The Kier molecular flexibility index (Phi) is 3.53. The van der Waals surface area contributed by atoms with Gasteiger partial charge in [-0.05, 0) is 52.4 Å². The zero-order valence-corrected chi connectivity index (χ0v) is 13.1. The van der Waals surface area contributed by atoms with E-state index in [-0.39, 0.29) is 0 Å². The fourth-order valence-corrected chi connectivity index (χ4v) is 5.12. The number of fused-ring (bicyclic) bond motifs is 1. The van der Waals surface area contributed by atoms with Crippen molar-refractivity contribution in [1.29, 1.82) is 0 Å². The van der Waals surface area contributed by atoms with Gasteiger partial charge in [0, 0.05) is 50.8 Å². The number of hydrogen-bond acceptors (Lipinski definition) is 4. The quantitative estimate of drug-likeness (QED) is 0.641. The van der Waals surface area contributed by atoms with E-state index < -0.39 is 0 Å². The van der Waals surface area contributed by atoms with Crippen LogP contribution >= 0.6 is 0 Å². The highest BCUT2D eigenvalue weighted by atomic mass is 15.4. The van der Waals surface area contributed by atoms with Gasteiger partial charge in [0.15, 0.2) is 0 Å². The first kappa shape index (κ1) is 13.5. The Hall–Kier alpha value is -0.160. The van der Waals surface area contributed by atoms with Crippen molar-refractivity contribution < 1.29 is 0 Å². The molecule has 4 aliphatic rings. The molecular weight excluding hydrogens is 248 g/mol. The summed E-state index contributed by atoms with van der Waals surface area (Å²) in [6.07, 6.45) is 5.60. The molecule has 4 heteroatoms. The maximum absolute atomic E-state index is 2.87. The van der Waals surface area contributed by atoms with Gasteiger partial charge in [-0.15, -0.1) is 0 Å². The van der Waals surface area contributed by atoms with Crippen molar-refractivity contribution in [2.75, 3.05) is 66.0 Å². The van der Waals surface area contributed by atoms with Gasteiger partial charge in [0.25, 0.3) is 0 Å². The molecule has 1 aliphatic carbocycles. The molecule has 0 aromatic rings. The van der Waals surface area contributed by atoms with Crippen LogP contribution in [0.5, 0.6) is 0 Å². The zero-order chi connectivity index (χ0) is 13.6. The van der Waals surface area contributed by atoms with Gasteiger partial charge in [-0.3, -0.25) is 9.80 Å². The Morgan fingerprint density at radius 3 is 2.60 bits per heavy atom. The molecule has 0 N–H and O–H groups in total. The molecule has 4 rings (SSSR count). The van der Waals surface area contributed by atoms with E-state index in [1.54, 1.807) is 0 Å². The standard InChI is InChI=1S/C16H30N4/c1-17-6-2-7-18-11-13-20-9-3-8-19(12-10-17)15-4-5-16(15,20)14-18/h15H,2-14H2,1H3. The van der Waals surface area contributed by atoms with Gasteiger partial charge in [0.05, 0.1) is 0 Å². The lowest BCUT2D eigenvalue weighted by molar-refractivity contribution is -0.0992. The van der Waals surface area contributed by atoms with Crippen LogP contribution in [0.4, 0.5) is 0 Å². The molecule has 3 saturated heterocycles. The van der Waals surface area contributed by atoms with Crippen molar-refractivity contribution in [2.45, 2.75) is 37.3 Å². The molecular formula is C16H30N4. The van der Waals surface area contributed by atoms with Gasteiger partial charge in [-0.2, -0.15) is 0 Å². The first-order valence-electron chi connectivity index (χ1n) is 8.68. The van der Waals surface area contributed by atoms with Crippen LogP contribution in [0, 0.1) is 0 Å². The molecule has 114 valence electrons. The second-order valence-electron chi connectivity index (χ2n) is 7.47. The average molecular weight is 278 g/mol. The van der Waals surface area contributed by atoms with Crippen molar-refractivity contribution in [3.8, 4) is 0 Å². The average Bonchev–Trinajstić information content (AvgIpc) is 2.53. The van der Waals surface area contributed by atoms with E-state index in [0.717, 1.165) is 6.04 Å². The summed E-state index contributed by atoms with van der Waals surface area (Å²) in [5.41, 5.74) is 0.525. The summed E-state index contributed by atoms with van der Waals surface area (Å²) in [6, 6.07) is 0.847. The summed E-state index contributed by atoms with van der Waals surface area (Å²) >= 11 is 0. The van der Waals surface area contributed by atoms with Gasteiger partial charge in [0.2, 0.25) is 0 Å². The molecule has 0 radical (unpaired) electrons. The van der Waals surface area contributed by atoms with Crippen LogP contribution < -0.4 is 0 Å². The molecule has 3 bridgehead atoms. The summed E-state index contributed by atoms with van der Waals surface area (Å²) in [5, 5.41) is 0. The van der Waals surface area contributed by atoms with Crippen LogP contribution in [0.15, 0.2) is 0 Å². The molecule has 0 amide bonds. The van der Waals surface area contributed by atoms with Crippen molar-refractivity contribution in [3.05, 3.63) is 0 Å². The summed E-state index contributed by atoms with van der Waals surface area (Å²) < 4.78 is 0. The Bertz CT molecular complexity index is 360. The fraction of sp³-hybridized carbons (Fsp3) is 1.00. The first-order chi connectivity index (χ1) is 9.78. The Labute approximate surface area is 123 Å². The van der Waals surface area contributed by atoms with Crippen LogP contribution in [0.25, 0.3) is 0 Å². The van der Waals surface area contributed by atoms with Crippen LogP contribution in [0.2, 0.25) is 0 Å². The molecule has 0 aromatic heterocycles. The molecule has 4 atom stereocenters. The Morgan fingerprint density at radius 2 is 1.75 bits per heavy atom. The van der Waals surface area contributed by atoms with E-state index in [2.05, 4.69) is 26.6 Å². The van der Waals surface area contributed by atoms with E-state index in [1.165, 1.54) is 84.6 Å². The highest BCUT2D eigenvalue weighted by Crippen LogP contribution is 2.45. The normalized spacial score (nSPS) is 47.0. The molecule has 4 nitrogen and oxygen atoms in total. The van der Waals surface area contributed by atoms with Crippen molar-refractivity contribution in [3.63, 3.8) is 0 Å². The lowest BCUT2D eigenvalue weighted by Gasteiger charge is -2.61. The SMILES string of the molecule is CN1CCCN2CCN3CCCN(CC1)C1CCC13C2. The van der Waals surface area contributed by atoms with Gasteiger partial charge < -0.3 is 9.80 Å². The molecule has 3 heterocycles. The molecule has 3 aliphatic heterocycles. The minimum Gasteiger partial charge on any atom is -0.305 e. The van der Waals surface area contributed by atoms with E-state index in [1.807, 2.05) is 0 Å². The highest BCUT2D eigenvalue weighted by molar-refractivity contribution is 5.14. The highest BCUT2D eigenvalue weighted by Gasteiger charge is 2.56. The van der Waals surface area contributed by atoms with Crippen molar-refractivity contribution in [2.24, 2.45) is 0 Å². The molecule has 20 heavy (non-hydrogen) atoms. The summed E-state index contributed by atoms with van der Waals surface area (Å²) in [5.74, 6) is 0. The van der Waals surface area contributed by atoms with Crippen LogP contribution in [0.1, 0.15) is 25.7 Å². The maximum Gasteiger partial charge on any atom is 0.0492 e. The predicted octanol–water partition coefficient (Wildman–Crippen LogP) is 0.546. The van der Waals surface area contributed by atoms with Gasteiger partial charge in [-0.25, -0.2) is 0 Å². The molecule has 4 fully saturated rings. The third kappa shape index (κ3) is 2.12. The van der Waals surface area contributed by atoms with E-state index in [0.29, 0.717) is 5.54 Å². The lowest BCUT2D eigenvalue weighted by Crippen LogP contribution is -2.74. The Balaban J connectivity index is 1.62. The van der Waals surface area contributed by atoms with E-state index in [9.17, 15) is 0 Å². The largest absolute Gasteiger partial charge is 0.305 e. The van der Waals surface area contributed by atoms with Gasteiger partial charge >= 0.3 is 0 Å². The maximum atomic E-state index is 2.87. The third-order valence-electron chi connectivity index (χ3n) is 6.38. The number of nitrogens with zero attached hydrogens (tertiary/aromatic N) is 4. The van der Waals surface area contributed by atoms with Crippen LogP contribution in [0.3, 0.4) is 0 Å². The second-order valence-corrected chi connectivity index (χ2v) is 7.47. The number of hydrogen-bond donors (Lipinski definition) is 0. The van der Waals surface area contributed by atoms with Crippen molar-refractivity contribution in [1.82, 2.24) is 19.6 Å². The molecule has 0 aromatic carbocycles. The first-order valence-corrected chi connectivity index (χ1v) is 8.68. The minimum atomic E-state index is 0.525. The second kappa shape index (κ2) is 5.24. The molecule has 1 spiro atoms. The summed E-state index contributed by atoms with van der Waals surface area (Å²) in [7, 11) is 2.31. The fourth-order valence-electron chi connectivity index (χ4n) is 5.12. The van der Waals surface area contributed by atoms with Crippen LogP contribution in [-0.4, -0.2) is 97.1 Å². The Morgan fingerprint density at radius 1 is 0.850 bits per heavy atom. The van der Waals surface area contributed by atoms with Crippen LogP contribution in [-0.2, 0) is 0 Å².